The SMILES string of the molecule is CC(C)CC1COC(=O)N1C1CCN(Cc2ccc(S(C)(=O)=O)cc2)CC1. The van der Waals surface area contributed by atoms with E-state index < -0.39 is 9.84 Å². The van der Waals surface area contributed by atoms with Gasteiger partial charge in [-0.15, -0.1) is 0 Å². The first-order chi connectivity index (χ1) is 12.7. The summed E-state index contributed by atoms with van der Waals surface area (Å²) in [5.74, 6) is 0.544. The van der Waals surface area contributed by atoms with Crippen molar-refractivity contribution in [2.24, 2.45) is 5.92 Å². The van der Waals surface area contributed by atoms with E-state index in [1.807, 2.05) is 17.0 Å². The second-order valence-corrected chi connectivity index (χ2v) is 10.2. The maximum absolute atomic E-state index is 12.2. The third kappa shape index (κ3) is 5.02. The molecule has 150 valence electrons. The van der Waals surface area contributed by atoms with Gasteiger partial charge in [0.1, 0.15) is 6.61 Å². The summed E-state index contributed by atoms with van der Waals surface area (Å²) in [4.78, 5) is 16.9. The first-order valence-corrected chi connectivity index (χ1v) is 11.6. The summed E-state index contributed by atoms with van der Waals surface area (Å²) in [5, 5.41) is 0. The Morgan fingerprint density at radius 2 is 1.78 bits per heavy atom. The fourth-order valence-corrected chi connectivity index (χ4v) is 4.73. The lowest BCUT2D eigenvalue weighted by molar-refractivity contribution is 0.100. The van der Waals surface area contributed by atoms with E-state index in [1.54, 1.807) is 12.1 Å². The number of likely N-dealkylation sites (tertiary alicyclic amines) is 1. The fourth-order valence-electron chi connectivity index (χ4n) is 4.10. The molecule has 2 aliphatic rings. The van der Waals surface area contributed by atoms with E-state index in [4.69, 9.17) is 4.74 Å². The van der Waals surface area contributed by atoms with Gasteiger partial charge in [0.15, 0.2) is 9.84 Å². The number of hydrogen-bond donors (Lipinski definition) is 0. The third-order valence-electron chi connectivity index (χ3n) is 5.46. The molecule has 0 aromatic heterocycles. The first kappa shape index (κ1) is 20.1. The van der Waals surface area contributed by atoms with Crippen molar-refractivity contribution in [1.82, 2.24) is 9.80 Å². The van der Waals surface area contributed by atoms with Crippen LogP contribution in [0, 0.1) is 5.92 Å². The maximum atomic E-state index is 12.2. The van der Waals surface area contributed by atoms with Crippen LogP contribution < -0.4 is 0 Å². The van der Waals surface area contributed by atoms with Crippen LogP contribution in [0.15, 0.2) is 29.2 Å². The Labute approximate surface area is 162 Å². The molecule has 2 saturated heterocycles. The topological polar surface area (TPSA) is 66.9 Å². The van der Waals surface area contributed by atoms with E-state index in [-0.39, 0.29) is 18.2 Å². The summed E-state index contributed by atoms with van der Waals surface area (Å²) in [5.41, 5.74) is 1.11. The first-order valence-electron chi connectivity index (χ1n) is 9.70. The second-order valence-electron chi connectivity index (χ2n) is 8.19. The molecule has 0 aliphatic carbocycles. The molecule has 2 aliphatic heterocycles. The van der Waals surface area contributed by atoms with Gasteiger partial charge in [0.25, 0.3) is 0 Å². The number of amides is 1. The van der Waals surface area contributed by atoms with Crippen LogP contribution in [0.25, 0.3) is 0 Å². The van der Waals surface area contributed by atoms with Crippen molar-refractivity contribution in [3.05, 3.63) is 29.8 Å². The zero-order valence-corrected chi connectivity index (χ0v) is 17.2. The van der Waals surface area contributed by atoms with Crippen LogP contribution in [0.3, 0.4) is 0 Å². The van der Waals surface area contributed by atoms with Crippen LogP contribution in [-0.4, -0.2) is 62.3 Å². The van der Waals surface area contributed by atoms with Crippen LogP contribution >= 0.6 is 0 Å². The van der Waals surface area contributed by atoms with Crippen molar-refractivity contribution in [1.29, 1.82) is 0 Å². The quantitative estimate of drug-likeness (QED) is 0.742. The summed E-state index contributed by atoms with van der Waals surface area (Å²) < 4.78 is 28.4. The summed E-state index contributed by atoms with van der Waals surface area (Å²) in [6.07, 6.45) is 3.95. The van der Waals surface area contributed by atoms with Gasteiger partial charge in [-0.1, -0.05) is 26.0 Å². The summed E-state index contributed by atoms with van der Waals surface area (Å²) >= 11 is 0. The van der Waals surface area contributed by atoms with Crippen molar-refractivity contribution in [3.8, 4) is 0 Å². The van der Waals surface area contributed by atoms with Gasteiger partial charge in [0, 0.05) is 31.9 Å². The predicted octanol–water partition coefficient (Wildman–Crippen LogP) is 2.92. The molecule has 1 aromatic carbocycles. The highest BCUT2D eigenvalue weighted by molar-refractivity contribution is 7.90. The molecule has 1 unspecified atom stereocenters. The van der Waals surface area contributed by atoms with Gasteiger partial charge in [-0.25, -0.2) is 13.2 Å². The molecule has 2 fully saturated rings. The molecule has 0 radical (unpaired) electrons. The summed E-state index contributed by atoms with van der Waals surface area (Å²) in [6, 6.07) is 7.59. The molecule has 27 heavy (non-hydrogen) atoms. The van der Waals surface area contributed by atoms with E-state index in [0.717, 1.165) is 44.5 Å². The average Bonchev–Trinajstić information content (AvgIpc) is 2.95. The van der Waals surface area contributed by atoms with Gasteiger partial charge in [-0.05, 0) is 42.9 Å². The number of rotatable bonds is 6. The zero-order valence-electron chi connectivity index (χ0n) is 16.4. The number of carbonyl (C=O) groups is 1. The molecule has 6 nitrogen and oxygen atoms in total. The Bertz CT molecular complexity index is 753. The Balaban J connectivity index is 1.55. The lowest BCUT2D eigenvalue weighted by Gasteiger charge is -2.38. The molecule has 1 aromatic rings. The highest BCUT2D eigenvalue weighted by Crippen LogP contribution is 2.27. The molecule has 1 amide bonds. The van der Waals surface area contributed by atoms with Gasteiger partial charge in [0.2, 0.25) is 0 Å². The fraction of sp³-hybridized carbons (Fsp3) is 0.650. The van der Waals surface area contributed by atoms with E-state index >= 15 is 0 Å². The molecular formula is C20H30N2O4S. The van der Waals surface area contributed by atoms with Crippen LogP contribution in [-0.2, 0) is 21.1 Å². The summed E-state index contributed by atoms with van der Waals surface area (Å²) in [7, 11) is -3.15. The minimum atomic E-state index is -3.15. The van der Waals surface area contributed by atoms with Gasteiger partial charge in [0.05, 0.1) is 10.9 Å². The molecule has 0 bridgehead atoms. The average molecular weight is 395 g/mol. The number of nitrogens with zero attached hydrogens (tertiary/aromatic N) is 2. The minimum Gasteiger partial charge on any atom is -0.447 e. The lowest BCUT2D eigenvalue weighted by Crippen LogP contribution is -2.48. The molecule has 0 spiro atoms. The Morgan fingerprint density at radius 3 is 2.33 bits per heavy atom. The third-order valence-corrected chi connectivity index (χ3v) is 6.58. The van der Waals surface area contributed by atoms with Gasteiger partial charge >= 0.3 is 6.09 Å². The minimum absolute atomic E-state index is 0.157. The van der Waals surface area contributed by atoms with Crippen LogP contribution in [0.1, 0.15) is 38.7 Å². The normalized spacial score (nSPS) is 22.4. The van der Waals surface area contributed by atoms with E-state index in [1.165, 1.54) is 6.26 Å². The number of benzene rings is 1. The van der Waals surface area contributed by atoms with Crippen LogP contribution in [0.2, 0.25) is 0 Å². The Morgan fingerprint density at radius 1 is 1.15 bits per heavy atom. The number of ether oxygens (including phenoxy) is 1. The molecule has 0 N–H and O–H groups in total. The molecule has 7 heteroatoms. The zero-order chi connectivity index (χ0) is 19.6. The number of piperidine rings is 1. The van der Waals surface area contributed by atoms with Crippen molar-refractivity contribution in [3.63, 3.8) is 0 Å². The summed E-state index contributed by atoms with van der Waals surface area (Å²) in [6.45, 7) is 7.53. The highest BCUT2D eigenvalue weighted by atomic mass is 32.2. The van der Waals surface area contributed by atoms with Crippen LogP contribution in [0.4, 0.5) is 4.79 Å². The van der Waals surface area contributed by atoms with Gasteiger partial charge < -0.3 is 4.74 Å². The largest absolute Gasteiger partial charge is 0.447 e. The predicted molar refractivity (Wildman–Crippen MR) is 104 cm³/mol. The number of sulfone groups is 1. The smallest absolute Gasteiger partial charge is 0.410 e. The van der Waals surface area contributed by atoms with Crippen molar-refractivity contribution >= 4 is 15.9 Å². The molecule has 2 heterocycles. The number of carbonyl (C=O) groups excluding carboxylic acids is 1. The molecule has 1 atom stereocenters. The second kappa shape index (κ2) is 8.19. The van der Waals surface area contributed by atoms with Gasteiger partial charge in [-0.2, -0.15) is 0 Å². The van der Waals surface area contributed by atoms with E-state index in [0.29, 0.717) is 17.4 Å². The van der Waals surface area contributed by atoms with Crippen molar-refractivity contribution in [2.45, 2.75) is 56.6 Å². The lowest BCUT2D eigenvalue weighted by atomic mass is 9.98. The number of cyclic esters (lactones) is 1. The standard InChI is InChI=1S/C20H30N2O4S/c1-15(2)12-18-14-26-20(23)22(18)17-8-10-21(11-9-17)13-16-4-6-19(7-5-16)27(3,24)25/h4-7,15,17-18H,8-14H2,1-3H3. The maximum Gasteiger partial charge on any atom is 0.410 e. The number of hydrogen-bond acceptors (Lipinski definition) is 5. The van der Waals surface area contributed by atoms with Crippen molar-refractivity contribution < 1.29 is 17.9 Å². The highest BCUT2D eigenvalue weighted by Gasteiger charge is 2.39. The van der Waals surface area contributed by atoms with Gasteiger partial charge in [-0.3, -0.25) is 9.80 Å². The van der Waals surface area contributed by atoms with E-state index in [2.05, 4.69) is 18.7 Å². The molecule has 3 rings (SSSR count). The van der Waals surface area contributed by atoms with E-state index in [9.17, 15) is 13.2 Å². The Kier molecular flexibility index (Phi) is 6.11. The monoisotopic (exact) mass is 394 g/mol. The van der Waals surface area contributed by atoms with Crippen molar-refractivity contribution in [2.75, 3.05) is 26.0 Å². The molecule has 0 saturated carbocycles. The molecular weight excluding hydrogens is 364 g/mol. The Hall–Kier alpha value is -1.60. The van der Waals surface area contributed by atoms with Crippen LogP contribution in [0.5, 0.6) is 0 Å².